The van der Waals surface area contributed by atoms with E-state index < -0.39 is 29.1 Å². The number of carbonyl (C=O) groups is 3. The van der Waals surface area contributed by atoms with Crippen LogP contribution in [0.5, 0.6) is 0 Å². The average Bonchev–Trinajstić information content (AvgIpc) is 2.85. The van der Waals surface area contributed by atoms with E-state index in [-0.39, 0.29) is 18.7 Å². The summed E-state index contributed by atoms with van der Waals surface area (Å²) in [5.41, 5.74) is 8.58. The van der Waals surface area contributed by atoms with E-state index in [1.165, 1.54) is 5.56 Å². The molecule has 1 atom stereocenters. The zero-order chi connectivity index (χ0) is 28.8. The van der Waals surface area contributed by atoms with Crippen molar-refractivity contribution in [1.29, 1.82) is 0 Å². The highest BCUT2D eigenvalue weighted by Gasteiger charge is 2.42. The molecule has 3 aromatic carbocycles. The predicted molar refractivity (Wildman–Crippen MR) is 155 cm³/mol. The summed E-state index contributed by atoms with van der Waals surface area (Å²) >= 11 is 0. The van der Waals surface area contributed by atoms with Gasteiger partial charge in [0.05, 0.1) is 0 Å². The van der Waals surface area contributed by atoms with Gasteiger partial charge in [0.15, 0.2) is 0 Å². The van der Waals surface area contributed by atoms with Gasteiger partial charge in [-0.2, -0.15) is 0 Å². The van der Waals surface area contributed by atoms with Crippen molar-refractivity contribution in [1.82, 2.24) is 4.90 Å². The maximum atomic E-state index is 14.2. The summed E-state index contributed by atoms with van der Waals surface area (Å²) in [4.78, 5) is 41.1. The molecule has 0 radical (unpaired) electrons. The van der Waals surface area contributed by atoms with Crippen LogP contribution in [0.25, 0.3) is 11.1 Å². The van der Waals surface area contributed by atoms with E-state index in [2.05, 4.69) is 0 Å². The molecule has 0 heterocycles. The van der Waals surface area contributed by atoms with Gasteiger partial charge in [-0.3, -0.25) is 9.59 Å². The third-order valence-corrected chi connectivity index (χ3v) is 6.52. The molecule has 0 saturated heterocycles. The maximum absolute atomic E-state index is 14.2. The first-order valence-electron chi connectivity index (χ1n) is 13.3. The Morgan fingerprint density at radius 2 is 1.36 bits per heavy atom. The van der Waals surface area contributed by atoms with Gasteiger partial charge in [-0.15, -0.1) is 0 Å². The third-order valence-electron chi connectivity index (χ3n) is 6.52. The van der Waals surface area contributed by atoms with Gasteiger partial charge in [-0.05, 0) is 83.2 Å². The van der Waals surface area contributed by atoms with Crippen LogP contribution in [0.15, 0.2) is 78.9 Å². The fourth-order valence-electron chi connectivity index (χ4n) is 4.71. The minimum Gasteiger partial charge on any atom is -0.458 e. The summed E-state index contributed by atoms with van der Waals surface area (Å²) in [5.74, 6) is -1.42. The Bertz CT molecular complexity index is 1270. The van der Waals surface area contributed by atoms with Gasteiger partial charge in [-0.1, -0.05) is 72.3 Å². The van der Waals surface area contributed by atoms with E-state index in [9.17, 15) is 14.4 Å². The number of hydrogen-bond acceptors (Lipinski definition) is 4. The molecule has 0 spiro atoms. The van der Waals surface area contributed by atoms with Crippen molar-refractivity contribution in [2.24, 2.45) is 5.73 Å². The van der Waals surface area contributed by atoms with Gasteiger partial charge in [0.1, 0.15) is 11.6 Å². The summed E-state index contributed by atoms with van der Waals surface area (Å²) in [6.45, 7) is 11.2. The third kappa shape index (κ3) is 8.28. The first-order valence-corrected chi connectivity index (χ1v) is 13.3. The lowest BCUT2D eigenvalue weighted by atomic mass is 9.89. The van der Waals surface area contributed by atoms with E-state index in [1.807, 2.05) is 87.5 Å². The number of benzene rings is 3. The molecule has 0 bridgehead atoms. The Morgan fingerprint density at radius 3 is 1.87 bits per heavy atom. The molecule has 0 aliphatic heterocycles. The monoisotopic (exact) mass is 528 g/mol. The number of primary amides is 1. The quantitative estimate of drug-likeness (QED) is 0.322. The van der Waals surface area contributed by atoms with Crippen LogP contribution >= 0.6 is 0 Å². The highest BCUT2D eigenvalue weighted by Crippen LogP contribution is 2.30. The number of carbonyl (C=O) groups excluding carboxylic acids is 3. The van der Waals surface area contributed by atoms with Crippen LogP contribution in [0.2, 0.25) is 0 Å². The molecule has 3 rings (SSSR count). The first kappa shape index (κ1) is 29.6. The second-order valence-corrected chi connectivity index (χ2v) is 11.6. The van der Waals surface area contributed by atoms with Crippen LogP contribution in [0, 0.1) is 6.92 Å². The van der Waals surface area contributed by atoms with Crippen molar-refractivity contribution in [3.05, 3.63) is 95.6 Å². The summed E-state index contributed by atoms with van der Waals surface area (Å²) in [6.07, 6.45) is 0.508. The van der Waals surface area contributed by atoms with Gasteiger partial charge >= 0.3 is 5.97 Å². The standard InChI is InChI=1S/C33H40N2O4/c1-23-12-14-25(15-13-23)26-16-18-27(19-17-26)30(37)35(33(5,6)22-24-10-8-7-9-11-24)28(20-21-29(34)36)31(38)39-32(2,3)4/h7-19,28H,20-22H2,1-6H3,(H2,34,36)/t28-/m0/s1. The molecular weight excluding hydrogens is 488 g/mol. The number of nitrogens with two attached hydrogens (primary N) is 1. The number of amides is 2. The fraction of sp³-hybridized carbons (Fsp3) is 0.364. The lowest BCUT2D eigenvalue weighted by Gasteiger charge is -2.43. The van der Waals surface area contributed by atoms with Crippen LogP contribution in [0.1, 0.15) is 68.9 Å². The molecule has 39 heavy (non-hydrogen) atoms. The molecule has 0 aliphatic carbocycles. The Hall–Kier alpha value is -3.93. The number of hydrogen-bond donors (Lipinski definition) is 1. The number of ether oxygens (including phenoxy) is 1. The Morgan fingerprint density at radius 1 is 0.821 bits per heavy atom. The Balaban J connectivity index is 2.05. The smallest absolute Gasteiger partial charge is 0.329 e. The molecule has 6 nitrogen and oxygen atoms in total. The van der Waals surface area contributed by atoms with Crippen LogP contribution in [0.3, 0.4) is 0 Å². The van der Waals surface area contributed by atoms with Crippen LogP contribution in [0.4, 0.5) is 0 Å². The highest BCUT2D eigenvalue weighted by molar-refractivity contribution is 5.98. The van der Waals surface area contributed by atoms with E-state index in [1.54, 1.807) is 37.8 Å². The van der Waals surface area contributed by atoms with Gasteiger partial charge in [-0.25, -0.2) is 4.79 Å². The van der Waals surface area contributed by atoms with Crippen molar-refractivity contribution < 1.29 is 19.1 Å². The SMILES string of the molecule is Cc1ccc(-c2ccc(C(=O)N([C@@H](CCC(N)=O)C(=O)OC(C)(C)C)C(C)(C)Cc3ccccc3)cc2)cc1. The van der Waals surface area contributed by atoms with E-state index in [0.717, 1.165) is 16.7 Å². The van der Waals surface area contributed by atoms with Gasteiger partial charge in [0.25, 0.3) is 5.91 Å². The van der Waals surface area contributed by atoms with Crippen molar-refractivity contribution in [2.75, 3.05) is 0 Å². The summed E-state index contributed by atoms with van der Waals surface area (Å²) in [7, 11) is 0. The molecule has 2 amide bonds. The van der Waals surface area contributed by atoms with E-state index >= 15 is 0 Å². The molecule has 0 saturated carbocycles. The fourth-order valence-corrected chi connectivity index (χ4v) is 4.71. The largest absolute Gasteiger partial charge is 0.458 e. The molecule has 0 fully saturated rings. The van der Waals surface area contributed by atoms with E-state index in [0.29, 0.717) is 12.0 Å². The Kier molecular flexibility index (Phi) is 9.33. The molecule has 2 N–H and O–H groups in total. The Labute approximate surface area is 232 Å². The first-order chi connectivity index (χ1) is 18.3. The lowest BCUT2D eigenvalue weighted by Crippen LogP contribution is -2.58. The second-order valence-electron chi connectivity index (χ2n) is 11.6. The van der Waals surface area contributed by atoms with Crippen molar-refractivity contribution in [3.8, 4) is 11.1 Å². The topological polar surface area (TPSA) is 89.7 Å². The minimum absolute atomic E-state index is 0.0541. The van der Waals surface area contributed by atoms with Gasteiger partial charge < -0.3 is 15.4 Å². The predicted octanol–water partition coefficient (Wildman–Crippen LogP) is 6.10. The van der Waals surface area contributed by atoms with Crippen LogP contribution in [-0.2, 0) is 20.7 Å². The average molecular weight is 529 g/mol. The minimum atomic E-state index is -1.00. The summed E-state index contributed by atoms with van der Waals surface area (Å²) < 4.78 is 5.75. The number of esters is 1. The second kappa shape index (κ2) is 12.3. The molecule has 206 valence electrons. The van der Waals surface area contributed by atoms with Gasteiger partial charge in [0.2, 0.25) is 5.91 Å². The van der Waals surface area contributed by atoms with Gasteiger partial charge in [0, 0.05) is 17.5 Å². The molecule has 6 heteroatoms. The van der Waals surface area contributed by atoms with Crippen molar-refractivity contribution >= 4 is 17.8 Å². The number of aryl methyl sites for hydroxylation is 1. The lowest BCUT2D eigenvalue weighted by molar-refractivity contribution is -0.162. The zero-order valence-electron chi connectivity index (χ0n) is 23.9. The number of nitrogens with zero attached hydrogens (tertiary/aromatic N) is 1. The highest BCUT2D eigenvalue weighted by atomic mass is 16.6. The summed E-state index contributed by atoms with van der Waals surface area (Å²) in [5, 5.41) is 0. The zero-order valence-corrected chi connectivity index (χ0v) is 23.9. The maximum Gasteiger partial charge on any atom is 0.329 e. The molecular formula is C33H40N2O4. The molecule has 0 unspecified atom stereocenters. The van der Waals surface area contributed by atoms with Crippen molar-refractivity contribution in [2.45, 2.75) is 78.0 Å². The van der Waals surface area contributed by atoms with Crippen LogP contribution in [-0.4, -0.2) is 39.9 Å². The van der Waals surface area contributed by atoms with Crippen LogP contribution < -0.4 is 5.73 Å². The number of rotatable bonds is 10. The van der Waals surface area contributed by atoms with E-state index in [4.69, 9.17) is 10.5 Å². The summed E-state index contributed by atoms with van der Waals surface area (Å²) in [6, 6.07) is 24.4. The normalized spacial score (nSPS) is 12.5. The molecule has 3 aromatic rings. The molecule has 0 aromatic heterocycles. The molecule has 0 aliphatic rings. The van der Waals surface area contributed by atoms with Crippen molar-refractivity contribution in [3.63, 3.8) is 0 Å².